The van der Waals surface area contributed by atoms with Crippen LogP contribution in [-0.4, -0.2) is 30.6 Å². The van der Waals surface area contributed by atoms with Crippen LogP contribution in [0.5, 0.6) is 0 Å². The van der Waals surface area contributed by atoms with Crippen LogP contribution in [0.3, 0.4) is 0 Å². The average molecular weight is 182 g/mol. The van der Waals surface area contributed by atoms with Crippen LogP contribution >= 0.6 is 0 Å². The van der Waals surface area contributed by atoms with E-state index in [-0.39, 0.29) is 0 Å². The van der Waals surface area contributed by atoms with Gasteiger partial charge in [-0.25, -0.2) is 0 Å². The monoisotopic (exact) mass is 182 g/mol. The van der Waals surface area contributed by atoms with Gasteiger partial charge in [-0.3, -0.25) is 4.90 Å². The van der Waals surface area contributed by atoms with Crippen molar-refractivity contribution in [1.29, 1.82) is 0 Å². The number of hydrogen-bond donors (Lipinski definition) is 1. The zero-order valence-corrected chi connectivity index (χ0v) is 8.54. The highest BCUT2D eigenvalue weighted by molar-refractivity contribution is 4.80. The molecule has 1 saturated heterocycles. The third kappa shape index (κ3) is 2.68. The summed E-state index contributed by atoms with van der Waals surface area (Å²) in [5.74, 6) is 1.07. The lowest BCUT2D eigenvalue weighted by Gasteiger charge is -2.34. The summed E-state index contributed by atoms with van der Waals surface area (Å²) in [6, 6.07) is 0.701. The van der Waals surface area contributed by atoms with Gasteiger partial charge in [0.25, 0.3) is 0 Å². The van der Waals surface area contributed by atoms with E-state index < -0.39 is 0 Å². The average Bonchev–Trinajstić information content (AvgIpc) is 2.99. The van der Waals surface area contributed by atoms with Crippen molar-refractivity contribution in [2.45, 2.75) is 44.6 Å². The lowest BCUT2D eigenvalue weighted by atomic mass is 10.0. The first kappa shape index (κ1) is 9.47. The Hall–Kier alpha value is -0.0800. The molecular formula is C11H22N2. The van der Waals surface area contributed by atoms with E-state index in [4.69, 9.17) is 5.73 Å². The molecule has 76 valence electrons. The second-order valence-corrected chi connectivity index (χ2v) is 4.65. The predicted octanol–water partition coefficient (Wildman–Crippen LogP) is 1.60. The zero-order chi connectivity index (χ0) is 9.10. The van der Waals surface area contributed by atoms with Gasteiger partial charge in [-0.15, -0.1) is 0 Å². The molecule has 1 aliphatic carbocycles. The first-order valence-corrected chi connectivity index (χ1v) is 5.84. The van der Waals surface area contributed by atoms with Gasteiger partial charge in [0.2, 0.25) is 0 Å². The van der Waals surface area contributed by atoms with E-state index in [1.807, 2.05) is 0 Å². The molecule has 1 unspecified atom stereocenters. The normalized spacial score (nSPS) is 30.7. The summed E-state index contributed by atoms with van der Waals surface area (Å²) in [7, 11) is 0. The highest BCUT2D eigenvalue weighted by atomic mass is 15.2. The van der Waals surface area contributed by atoms with Crippen LogP contribution in [0.4, 0.5) is 0 Å². The van der Waals surface area contributed by atoms with E-state index in [0.29, 0.717) is 6.04 Å². The minimum absolute atomic E-state index is 0.701. The first-order valence-electron chi connectivity index (χ1n) is 5.84. The van der Waals surface area contributed by atoms with Crippen molar-refractivity contribution in [3.63, 3.8) is 0 Å². The molecule has 2 nitrogen and oxygen atoms in total. The van der Waals surface area contributed by atoms with Gasteiger partial charge >= 0.3 is 0 Å². The van der Waals surface area contributed by atoms with Gasteiger partial charge in [-0.1, -0.05) is 19.3 Å². The molecule has 1 atom stereocenters. The maximum Gasteiger partial charge on any atom is 0.0218 e. The summed E-state index contributed by atoms with van der Waals surface area (Å²) in [5, 5.41) is 0. The van der Waals surface area contributed by atoms with Crippen molar-refractivity contribution in [1.82, 2.24) is 4.90 Å². The topological polar surface area (TPSA) is 29.3 Å². The highest BCUT2D eigenvalue weighted by Crippen LogP contribution is 2.33. The molecule has 0 bridgehead atoms. The fourth-order valence-corrected chi connectivity index (χ4v) is 2.38. The third-order valence-electron chi connectivity index (χ3n) is 3.54. The summed E-state index contributed by atoms with van der Waals surface area (Å²) in [6.45, 7) is 3.48. The second-order valence-electron chi connectivity index (χ2n) is 4.65. The number of rotatable bonds is 4. The Morgan fingerprint density at radius 1 is 1.15 bits per heavy atom. The summed E-state index contributed by atoms with van der Waals surface area (Å²) in [6.07, 6.45) is 8.52. The van der Waals surface area contributed by atoms with Gasteiger partial charge in [0.1, 0.15) is 0 Å². The molecule has 0 amide bonds. The first-order chi connectivity index (χ1) is 6.40. The fourth-order valence-electron chi connectivity index (χ4n) is 2.38. The van der Waals surface area contributed by atoms with Crippen LogP contribution in [-0.2, 0) is 0 Å². The molecule has 2 fully saturated rings. The molecule has 2 N–H and O–H groups in total. The van der Waals surface area contributed by atoms with Gasteiger partial charge in [0.05, 0.1) is 0 Å². The lowest BCUT2D eigenvalue weighted by Crippen LogP contribution is -2.44. The Balaban J connectivity index is 1.72. The molecule has 2 rings (SSSR count). The summed E-state index contributed by atoms with van der Waals surface area (Å²) < 4.78 is 0. The molecule has 1 aliphatic heterocycles. The second kappa shape index (κ2) is 4.43. The Kier molecular flexibility index (Phi) is 3.23. The van der Waals surface area contributed by atoms with Crippen molar-refractivity contribution in [2.24, 2.45) is 11.7 Å². The Bertz CT molecular complexity index is 154. The molecule has 1 heterocycles. The zero-order valence-electron chi connectivity index (χ0n) is 8.54. The maximum atomic E-state index is 5.77. The van der Waals surface area contributed by atoms with Crippen LogP contribution in [0.15, 0.2) is 0 Å². The number of nitrogens with two attached hydrogens (primary N) is 1. The van der Waals surface area contributed by atoms with Crippen molar-refractivity contribution in [2.75, 3.05) is 19.6 Å². The Morgan fingerprint density at radius 2 is 2.00 bits per heavy atom. The van der Waals surface area contributed by atoms with Crippen LogP contribution in [0.25, 0.3) is 0 Å². The number of piperidine rings is 1. The van der Waals surface area contributed by atoms with E-state index in [1.54, 1.807) is 0 Å². The number of hydrogen-bond acceptors (Lipinski definition) is 2. The van der Waals surface area contributed by atoms with Crippen molar-refractivity contribution >= 4 is 0 Å². The molecule has 0 aromatic carbocycles. The molecule has 0 spiro atoms. The van der Waals surface area contributed by atoms with E-state index in [9.17, 15) is 0 Å². The standard InChI is InChI=1S/C11H22N2/c12-9-11-3-1-2-7-13(11)8-6-10-4-5-10/h10-11H,1-9,12H2. The number of likely N-dealkylation sites (tertiary alicyclic amines) is 1. The third-order valence-corrected chi connectivity index (χ3v) is 3.54. The lowest BCUT2D eigenvalue weighted by molar-refractivity contribution is 0.149. The minimum Gasteiger partial charge on any atom is -0.329 e. The number of nitrogens with zero attached hydrogens (tertiary/aromatic N) is 1. The summed E-state index contributed by atoms with van der Waals surface area (Å²) in [5.41, 5.74) is 5.77. The van der Waals surface area contributed by atoms with Crippen LogP contribution in [0.2, 0.25) is 0 Å². The molecular weight excluding hydrogens is 160 g/mol. The van der Waals surface area contributed by atoms with Crippen LogP contribution in [0, 0.1) is 5.92 Å². The molecule has 0 aromatic heterocycles. The minimum atomic E-state index is 0.701. The Morgan fingerprint density at radius 3 is 2.69 bits per heavy atom. The van der Waals surface area contributed by atoms with E-state index in [0.717, 1.165) is 12.5 Å². The smallest absolute Gasteiger partial charge is 0.0218 e. The van der Waals surface area contributed by atoms with Crippen LogP contribution in [0.1, 0.15) is 38.5 Å². The molecule has 0 radical (unpaired) electrons. The van der Waals surface area contributed by atoms with Gasteiger partial charge < -0.3 is 5.73 Å². The molecule has 2 heteroatoms. The van der Waals surface area contributed by atoms with Crippen molar-refractivity contribution < 1.29 is 0 Å². The SMILES string of the molecule is NCC1CCCCN1CCC1CC1. The fraction of sp³-hybridized carbons (Fsp3) is 1.00. The quantitative estimate of drug-likeness (QED) is 0.715. The van der Waals surface area contributed by atoms with E-state index >= 15 is 0 Å². The van der Waals surface area contributed by atoms with E-state index in [1.165, 1.54) is 51.6 Å². The summed E-state index contributed by atoms with van der Waals surface area (Å²) >= 11 is 0. The summed E-state index contributed by atoms with van der Waals surface area (Å²) in [4.78, 5) is 2.63. The Labute approximate surface area is 81.5 Å². The predicted molar refractivity (Wildman–Crippen MR) is 55.6 cm³/mol. The largest absolute Gasteiger partial charge is 0.329 e. The van der Waals surface area contributed by atoms with Crippen molar-refractivity contribution in [3.05, 3.63) is 0 Å². The molecule has 0 aromatic rings. The van der Waals surface area contributed by atoms with Crippen molar-refractivity contribution in [3.8, 4) is 0 Å². The molecule has 2 aliphatic rings. The molecule has 1 saturated carbocycles. The van der Waals surface area contributed by atoms with Gasteiger partial charge in [-0.2, -0.15) is 0 Å². The van der Waals surface area contributed by atoms with Gasteiger partial charge in [0.15, 0.2) is 0 Å². The highest BCUT2D eigenvalue weighted by Gasteiger charge is 2.25. The molecule has 13 heavy (non-hydrogen) atoms. The van der Waals surface area contributed by atoms with E-state index in [2.05, 4.69) is 4.90 Å². The maximum absolute atomic E-state index is 5.77. The van der Waals surface area contributed by atoms with Gasteiger partial charge in [0, 0.05) is 12.6 Å². The van der Waals surface area contributed by atoms with Gasteiger partial charge in [-0.05, 0) is 38.3 Å². The van der Waals surface area contributed by atoms with Crippen LogP contribution < -0.4 is 5.73 Å².